The van der Waals surface area contributed by atoms with E-state index in [4.69, 9.17) is 9.47 Å². The molecule has 1 saturated heterocycles. The maximum atomic E-state index is 12.5. The Labute approximate surface area is 188 Å². The number of carbonyl (C=O) groups is 3. The van der Waals surface area contributed by atoms with Gasteiger partial charge in [-0.25, -0.2) is 0 Å². The first-order chi connectivity index (χ1) is 15.2. The number of rotatable bonds is 8. The van der Waals surface area contributed by atoms with Crippen LogP contribution in [0.1, 0.15) is 25.0 Å². The lowest BCUT2D eigenvalue weighted by molar-refractivity contribution is -0.384. The van der Waals surface area contributed by atoms with Gasteiger partial charge in [-0.2, -0.15) is 0 Å². The molecule has 2 amide bonds. The molecule has 0 spiro atoms. The summed E-state index contributed by atoms with van der Waals surface area (Å²) in [6.45, 7) is 3.10. The number of thioether (sulfide) groups is 1. The van der Waals surface area contributed by atoms with E-state index in [1.165, 1.54) is 12.1 Å². The van der Waals surface area contributed by atoms with E-state index in [0.717, 1.165) is 16.7 Å². The van der Waals surface area contributed by atoms with Crippen LogP contribution in [0.4, 0.5) is 10.5 Å². The third-order valence-electron chi connectivity index (χ3n) is 4.23. The van der Waals surface area contributed by atoms with Gasteiger partial charge in [-0.3, -0.25) is 29.4 Å². The van der Waals surface area contributed by atoms with Gasteiger partial charge in [0.05, 0.1) is 15.9 Å². The number of non-ortho nitro benzene ring substituents is 1. The number of ether oxygens (including phenoxy) is 2. The average molecular weight is 456 g/mol. The molecule has 10 heteroatoms. The Hall–Kier alpha value is -3.66. The number of carbonyl (C=O) groups excluding carboxylic acids is 3. The standard InChI is InChI=1S/C22H20N2O7S/c1-14(2)31-20(25)12-23-21(26)19(32-22(23)27)11-15-6-8-18(9-7-15)30-13-16-4-3-5-17(10-16)24(28)29/h3-11,14H,12-13H2,1-2H3/b19-11+. The molecule has 0 unspecified atom stereocenters. The number of nitro groups is 1. The summed E-state index contributed by atoms with van der Waals surface area (Å²) in [6.07, 6.45) is 1.22. The second-order valence-corrected chi connectivity index (χ2v) is 8.08. The van der Waals surface area contributed by atoms with Gasteiger partial charge in [0.25, 0.3) is 16.8 Å². The van der Waals surface area contributed by atoms with Crippen LogP contribution in [-0.4, -0.2) is 39.6 Å². The van der Waals surface area contributed by atoms with Crippen LogP contribution < -0.4 is 4.74 Å². The third-order valence-corrected chi connectivity index (χ3v) is 5.14. The number of esters is 1. The molecule has 1 fully saturated rings. The second-order valence-electron chi connectivity index (χ2n) is 7.09. The monoisotopic (exact) mass is 456 g/mol. The summed E-state index contributed by atoms with van der Waals surface area (Å²) >= 11 is 0.757. The van der Waals surface area contributed by atoms with Crippen molar-refractivity contribution < 1.29 is 28.8 Å². The highest BCUT2D eigenvalue weighted by Crippen LogP contribution is 2.32. The number of amides is 2. The Kier molecular flexibility index (Phi) is 7.26. The summed E-state index contributed by atoms with van der Waals surface area (Å²) < 4.78 is 10.6. The highest BCUT2D eigenvalue weighted by atomic mass is 32.2. The fourth-order valence-corrected chi connectivity index (χ4v) is 3.64. The topological polar surface area (TPSA) is 116 Å². The van der Waals surface area contributed by atoms with Crippen LogP contribution in [0.2, 0.25) is 0 Å². The van der Waals surface area contributed by atoms with E-state index >= 15 is 0 Å². The summed E-state index contributed by atoms with van der Waals surface area (Å²) in [6, 6.07) is 13.0. The lowest BCUT2D eigenvalue weighted by Gasteiger charge is -2.13. The quantitative estimate of drug-likeness (QED) is 0.252. The van der Waals surface area contributed by atoms with Crippen LogP contribution in [0.3, 0.4) is 0 Å². The van der Waals surface area contributed by atoms with Crippen molar-refractivity contribution in [2.45, 2.75) is 26.6 Å². The van der Waals surface area contributed by atoms with Gasteiger partial charge in [0.2, 0.25) is 0 Å². The van der Waals surface area contributed by atoms with Crippen molar-refractivity contribution in [3.05, 3.63) is 74.7 Å². The lowest BCUT2D eigenvalue weighted by atomic mass is 10.2. The number of nitrogens with zero attached hydrogens (tertiary/aromatic N) is 2. The molecule has 166 valence electrons. The summed E-state index contributed by atoms with van der Waals surface area (Å²) in [5.41, 5.74) is 1.32. The molecule has 0 saturated carbocycles. The fraction of sp³-hybridized carbons (Fsp3) is 0.227. The van der Waals surface area contributed by atoms with E-state index in [1.807, 2.05) is 0 Å². The first kappa shape index (κ1) is 23.0. The summed E-state index contributed by atoms with van der Waals surface area (Å²) in [5.74, 6) is -0.654. The van der Waals surface area contributed by atoms with Crippen molar-refractivity contribution in [3.63, 3.8) is 0 Å². The number of nitro benzene ring substituents is 1. The molecule has 0 bridgehead atoms. The first-order valence-electron chi connectivity index (χ1n) is 9.64. The van der Waals surface area contributed by atoms with Gasteiger partial charge in [0.15, 0.2) is 0 Å². The zero-order valence-electron chi connectivity index (χ0n) is 17.3. The Morgan fingerprint density at radius 2 is 1.91 bits per heavy atom. The Morgan fingerprint density at radius 3 is 2.56 bits per heavy atom. The van der Waals surface area contributed by atoms with Gasteiger partial charge in [-0.05, 0) is 54.9 Å². The number of hydrogen-bond donors (Lipinski definition) is 0. The molecule has 32 heavy (non-hydrogen) atoms. The van der Waals surface area contributed by atoms with Crippen molar-refractivity contribution in [2.24, 2.45) is 0 Å². The molecule has 2 aromatic carbocycles. The smallest absolute Gasteiger partial charge is 0.326 e. The molecule has 0 aromatic heterocycles. The maximum Gasteiger partial charge on any atom is 0.326 e. The number of imide groups is 1. The summed E-state index contributed by atoms with van der Waals surface area (Å²) in [7, 11) is 0. The molecule has 0 N–H and O–H groups in total. The van der Waals surface area contributed by atoms with E-state index in [0.29, 0.717) is 16.9 Å². The van der Waals surface area contributed by atoms with Gasteiger partial charge in [0, 0.05) is 12.1 Å². The van der Waals surface area contributed by atoms with Crippen molar-refractivity contribution in [1.82, 2.24) is 4.90 Å². The Morgan fingerprint density at radius 1 is 1.19 bits per heavy atom. The first-order valence-corrected chi connectivity index (χ1v) is 10.5. The van der Waals surface area contributed by atoms with E-state index in [2.05, 4.69) is 0 Å². The second kappa shape index (κ2) is 10.1. The Balaban J connectivity index is 1.61. The molecule has 1 heterocycles. The van der Waals surface area contributed by atoms with Crippen LogP contribution in [-0.2, 0) is 20.9 Å². The van der Waals surface area contributed by atoms with Crippen LogP contribution >= 0.6 is 11.8 Å². The molecule has 1 aliphatic rings. The van der Waals surface area contributed by atoms with E-state index in [1.54, 1.807) is 56.3 Å². The molecule has 2 aromatic rings. The number of hydrogen-bond acceptors (Lipinski definition) is 8. The minimum Gasteiger partial charge on any atom is -0.489 e. The van der Waals surface area contributed by atoms with Gasteiger partial charge < -0.3 is 9.47 Å². The molecule has 9 nitrogen and oxygen atoms in total. The third kappa shape index (κ3) is 5.94. The van der Waals surface area contributed by atoms with E-state index in [-0.39, 0.29) is 23.3 Å². The van der Waals surface area contributed by atoms with Gasteiger partial charge >= 0.3 is 5.97 Å². The molecule has 3 rings (SSSR count). The minimum atomic E-state index is -0.645. The van der Waals surface area contributed by atoms with E-state index < -0.39 is 28.6 Å². The zero-order valence-corrected chi connectivity index (χ0v) is 18.2. The van der Waals surface area contributed by atoms with Gasteiger partial charge in [-0.1, -0.05) is 24.3 Å². The normalized spacial score (nSPS) is 14.8. The minimum absolute atomic E-state index is 0.00661. The van der Waals surface area contributed by atoms with Crippen molar-refractivity contribution >= 4 is 40.6 Å². The van der Waals surface area contributed by atoms with E-state index in [9.17, 15) is 24.5 Å². The van der Waals surface area contributed by atoms with Crippen LogP contribution in [0.5, 0.6) is 5.75 Å². The molecule has 0 atom stereocenters. The SMILES string of the molecule is CC(C)OC(=O)CN1C(=O)S/C(=C/c2ccc(OCc3cccc([N+](=O)[O-])c3)cc2)C1=O. The fourth-order valence-electron chi connectivity index (χ4n) is 2.80. The van der Waals surface area contributed by atoms with Gasteiger partial charge in [0.1, 0.15) is 18.9 Å². The average Bonchev–Trinajstić information content (AvgIpc) is 3.00. The lowest BCUT2D eigenvalue weighted by Crippen LogP contribution is -2.35. The van der Waals surface area contributed by atoms with Gasteiger partial charge in [-0.15, -0.1) is 0 Å². The summed E-state index contributed by atoms with van der Waals surface area (Å²) in [4.78, 5) is 47.8. The van der Waals surface area contributed by atoms with Crippen LogP contribution in [0, 0.1) is 10.1 Å². The predicted molar refractivity (Wildman–Crippen MR) is 118 cm³/mol. The predicted octanol–water partition coefficient (Wildman–Crippen LogP) is 4.16. The van der Waals surface area contributed by atoms with Crippen LogP contribution in [0.25, 0.3) is 6.08 Å². The van der Waals surface area contributed by atoms with Crippen molar-refractivity contribution in [3.8, 4) is 5.75 Å². The molecular formula is C22H20N2O7S. The molecule has 0 aliphatic carbocycles. The highest BCUT2D eigenvalue weighted by molar-refractivity contribution is 8.18. The van der Waals surface area contributed by atoms with Crippen molar-refractivity contribution in [1.29, 1.82) is 0 Å². The number of benzene rings is 2. The molecular weight excluding hydrogens is 436 g/mol. The van der Waals surface area contributed by atoms with Crippen LogP contribution in [0.15, 0.2) is 53.4 Å². The Bertz CT molecular complexity index is 1080. The largest absolute Gasteiger partial charge is 0.489 e. The highest BCUT2D eigenvalue weighted by Gasteiger charge is 2.36. The maximum absolute atomic E-state index is 12.5. The summed E-state index contributed by atoms with van der Waals surface area (Å²) in [5, 5.41) is 10.3. The molecule has 0 radical (unpaired) electrons. The molecule has 1 aliphatic heterocycles. The zero-order chi connectivity index (χ0) is 23.3. The van der Waals surface area contributed by atoms with Crippen molar-refractivity contribution in [2.75, 3.05) is 6.54 Å².